The minimum atomic E-state index is 0.181. The van der Waals surface area contributed by atoms with E-state index in [2.05, 4.69) is 25.3 Å². The van der Waals surface area contributed by atoms with Crippen LogP contribution in [-0.2, 0) is 0 Å². The molecular weight excluding hydrogens is 186 g/mol. The standard InChI is InChI=1S/C10H20ClNO/c1-4-10(5-2)12(6-7-13)8-9(3)11/h10,13H,3-8H2,1-2H3. The van der Waals surface area contributed by atoms with Crippen LogP contribution in [0.15, 0.2) is 11.6 Å². The number of halogens is 1. The number of hydrogen-bond acceptors (Lipinski definition) is 2. The van der Waals surface area contributed by atoms with Crippen molar-refractivity contribution in [3.05, 3.63) is 11.6 Å². The summed E-state index contributed by atoms with van der Waals surface area (Å²) in [5, 5.41) is 9.51. The van der Waals surface area contributed by atoms with Gasteiger partial charge in [-0.1, -0.05) is 32.0 Å². The van der Waals surface area contributed by atoms with Gasteiger partial charge < -0.3 is 5.11 Å². The molecule has 0 saturated heterocycles. The molecule has 2 nitrogen and oxygen atoms in total. The number of nitrogens with zero attached hydrogens (tertiary/aromatic N) is 1. The highest BCUT2D eigenvalue weighted by molar-refractivity contribution is 6.29. The Balaban J connectivity index is 4.11. The SMILES string of the molecule is C=C(Cl)CN(CCO)C(CC)CC. The molecule has 0 amide bonds. The second-order valence-corrected chi connectivity index (χ2v) is 3.72. The van der Waals surface area contributed by atoms with Gasteiger partial charge in [-0.25, -0.2) is 0 Å². The Morgan fingerprint density at radius 1 is 1.46 bits per heavy atom. The molecule has 0 fully saturated rings. The highest BCUT2D eigenvalue weighted by atomic mass is 35.5. The maximum atomic E-state index is 8.88. The average Bonchev–Trinajstić information content (AvgIpc) is 2.05. The van der Waals surface area contributed by atoms with Crippen LogP contribution in [0.1, 0.15) is 26.7 Å². The predicted molar refractivity (Wildman–Crippen MR) is 58.0 cm³/mol. The number of aliphatic hydroxyl groups is 1. The zero-order chi connectivity index (χ0) is 10.3. The van der Waals surface area contributed by atoms with Gasteiger partial charge in [0.25, 0.3) is 0 Å². The summed E-state index contributed by atoms with van der Waals surface area (Å²) in [5.74, 6) is 0. The quantitative estimate of drug-likeness (QED) is 0.689. The lowest BCUT2D eigenvalue weighted by Crippen LogP contribution is -2.37. The van der Waals surface area contributed by atoms with Crippen molar-refractivity contribution in [2.45, 2.75) is 32.7 Å². The van der Waals surface area contributed by atoms with E-state index in [-0.39, 0.29) is 6.61 Å². The zero-order valence-electron chi connectivity index (χ0n) is 8.59. The Morgan fingerprint density at radius 3 is 2.31 bits per heavy atom. The molecule has 0 unspecified atom stereocenters. The topological polar surface area (TPSA) is 23.5 Å². The molecular formula is C10H20ClNO. The van der Waals surface area contributed by atoms with E-state index < -0.39 is 0 Å². The molecule has 0 aromatic heterocycles. The zero-order valence-corrected chi connectivity index (χ0v) is 9.35. The first-order valence-electron chi connectivity index (χ1n) is 4.83. The Hall–Kier alpha value is -0.0500. The molecule has 0 saturated carbocycles. The van der Waals surface area contributed by atoms with E-state index in [1.54, 1.807) is 0 Å². The predicted octanol–water partition coefficient (Wildman–Crippen LogP) is 2.22. The molecule has 0 atom stereocenters. The first-order valence-corrected chi connectivity index (χ1v) is 5.21. The lowest BCUT2D eigenvalue weighted by molar-refractivity contribution is 0.156. The Bertz CT molecular complexity index is 146. The Labute approximate surface area is 86.2 Å². The van der Waals surface area contributed by atoms with Crippen LogP contribution in [-0.4, -0.2) is 35.7 Å². The smallest absolute Gasteiger partial charge is 0.0558 e. The lowest BCUT2D eigenvalue weighted by Gasteiger charge is -2.29. The maximum Gasteiger partial charge on any atom is 0.0558 e. The number of rotatable bonds is 7. The molecule has 3 heteroatoms. The normalized spacial score (nSPS) is 11.2. The van der Waals surface area contributed by atoms with E-state index in [1.807, 2.05) is 0 Å². The van der Waals surface area contributed by atoms with Crippen molar-refractivity contribution >= 4 is 11.6 Å². The maximum absolute atomic E-state index is 8.88. The van der Waals surface area contributed by atoms with Crippen LogP contribution < -0.4 is 0 Å². The second kappa shape index (κ2) is 7.36. The van der Waals surface area contributed by atoms with Crippen molar-refractivity contribution < 1.29 is 5.11 Å². The Morgan fingerprint density at radius 2 is 2.00 bits per heavy atom. The molecule has 0 aromatic carbocycles. The molecule has 13 heavy (non-hydrogen) atoms. The molecule has 0 aromatic rings. The van der Waals surface area contributed by atoms with Gasteiger partial charge in [-0.15, -0.1) is 0 Å². The summed E-state index contributed by atoms with van der Waals surface area (Å²) in [6.45, 7) is 9.50. The summed E-state index contributed by atoms with van der Waals surface area (Å²) in [6, 6.07) is 0.502. The summed E-state index contributed by atoms with van der Waals surface area (Å²) in [4.78, 5) is 2.18. The fourth-order valence-corrected chi connectivity index (χ4v) is 1.70. The molecule has 0 rings (SSSR count). The van der Waals surface area contributed by atoms with Crippen molar-refractivity contribution in [3.8, 4) is 0 Å². The summed E-state index contributed by atoms with van der Waals surface area (Å²) in [7, 11) is 0. The lowest BCUT2D eigenvalue weighted by atomic mass is 10.1. The van der Waals surface area contributed by atoms with E-state index in [9.17, 15) is 0 Å². The fourth-order valence-electron chi connectivity index (χ4n) is 1.54. The van der Waals surface area contributed by atoms with Crippen LogP contribution in [0.3, 0.4) is 0 Å². The van der Waals surface area contributed by atoms with Gasteiger partial charge in [-0.05, 0) is 12.8 Å². The first-order chi connectivity index (χ1) is 6.15. The average molecular weight is 206 g/mol. The van der Waals surface area contributed by atoms with Crippen LogP contribution in [0.25, 0.3) is 0 Å². The van der Waals surface area contributed by atoms with Crippen LogP contribution in [0.4, 0.5) is 0 Å². The van der Waals surface area contributed by atoms with Crippen LogP contribution in [0, 0.1) is 0 Å². The van der Waals surface area contributed by atoms with Crippen LogP contribution in [0.2, 0.25) is 0 Å². The molecule has 0 aliphatic carbocycles. The van der Waals surface area contributed by atoms with E-state index in [0.29, 0.717) is 24.2 Å². The van der Waals surface area contributed by atoms with E-state index in [0.717, 1.165) is 12.8 Å². The van der Waals surface area contributed by atoms with Gasteiger partial charge in [0.2, 0.25) is 0 Å². The van der Waals surface area contributed by atoms with Gasteiger partial charge in [0, 0.05) is 24.2 Å². The van der Waals surface area contributed by atoms with Gasteiger partial charge in [-0.3, -0.25) is 4.90 Å². The highest BCUT2D eigenvalue weighted by Crippen LogP contribution is 2.11. The van der Waals surface area contributed by atoms with Crippen molar-refractivity contribution in [2.75, 3.05) is 19.7 Å². The number of hydrogen-bond donors (Lipinski definition) is 1. The van der Waals surface area contributed by atoms with Crippen molar-refractivity contribution in [1.29, 1.82) is 0 Å². The van der Waals surface area contributed by atoms with Gasteiger partial charge >= 0.3 is 0 Å². The van der Waals surface area contributed by atoms with Gasteiger partial charge in [0.15, 0.2) is 0 Å². The minimum absolute atomic E-state index is 0.181. The van der Waals surface area contributed by atoms with E-state index in [4.69, 9.17) is 16.7 Å². The number of aliphatic hydroxyl groups excluding tert-OH is 1. The molecule has 0 bridgehead atoms. The van der Waals surface area contributed by atoms with Crippen LogP contribution >= 0.6 is 11.6 Å². The summed E-state index contributed by atoms with van der Waals surface area (Å²) in [5.41, 5.74) is 0. The summed E-state index contributed by atoms with van der Waals surface area (Å²) in [6.07, 6.45) is 2.17. The van der Waals surface area contributed by atoms with Crippen molar-refractivity contribution in [1.82, 2.24) is 4.90 Å². The van der Waals surface area contributed by atoms with E-state index in [1.165, 1.54) is 0 Å². The van der Waals surface area contributed by atoms with Gasteiger partial charge in [-0.2, -0.15) is 0 Å². The van der Waals surface area contributed by atoms with Crippen molar-refractivity contribution in [2.24, 2.45) is 0 Å². The third-order valence-electron chi connectivity index (χ3n) is 2.22. The molecule has 0 aliphatic rings. The molecule has 1 N–H and O–H groups in total. The van der Waals surface area contributed by atoms with Gasteiger partial charge in [0.1, 0.15) is 0 Å². The van der Waals surface area contributed by atoms with Crippen molar-refractivity contribution in [3.63, 3.8) is 0 Å². The molecule has 78 valence electrons. The van der Waals surface area contributed by atoms with Crippen LogP contribution in [0.5, 0.6) is 0 Å². The molecule has 0 radical (unpaired) electrons. The van der Waals surface area contributed by atoms with Gasteiger partial charge in [0.05, 0.1) is 6.61 Å². The summed E-state index contributed by atoms with van der Waals surface area (Å²) < 4.78 is 0. The first kappa shape index (κ1) is 12.9. The minimum Gasteiger partial charge on any atom is -0.395 e. The largest absolute Gasteiger partial charge is 0.395 e. The van der Waals surface area contributed by atoms with E-state index >= 15 is 0 Å². The third-order valence-corrected chi connectivity index (χ3v) is 2.34. The Kier molecular flexibility index (Phi) is 7.33. The monoisotopic (exact) mass is 205 g/mol. The molecule has 0 spiro atoms. The molecule has 0 heterocycles. The fraction of sp³-hybridized carbons (Fsp3) is 0.800. The highest BCUT2D eigenvalue weighted by Gasteiger charge is 2.14. The summed E-state index contributed by atoms with van der Waals surface area (Å²) >= 11 is 5.75. The molecule has 0 aliphatic heterocycles. The third kappa shape index (κ3) is 5.29. The second-order valence-electron chi connectivity index (χ2n) is 3.18.